The number of benzene rings is 2. The fourth-order valence-electron chi connectivity index (χ4n) is 3.79. The second kappa shape index (κ2) is 10.6. The van der Waals surface area contributed by atoms with Crippen LogP contribution in [0.3, 0.4) is 0 Å². The topological polar surface area (TPSA) is 111 Å². The molecule has 1 aliphatic heterocycles. The lowest BCUT2D eigenvalue weighted by Gasteiger charge is -2.37. The first-order chi connectivity index (χ1) is 16.1. The molecule has 34 heavy (non-hydrogen) atoms. The van der Waals surface area contributed by atoms with Gasteiger partial charge < -0.3 is 25.4 Å². The summed E-state index contributed by atoms with van der Waals surface area (Å²) in [5.74, 6) is -0.788. The normalized spacial score (nSPS) is 14.4. The van der Waals surface area contributed by atoms with E-state index in [9.17, 15) is 19.5 Å². The molecular formula is C25H32N4O5. The summed E-state index contributed by atoms with van der Waals surface area (Å²) in [7, 11) is 1.55. The highest BCUT2D eigenvalue weighted by Gasteiger charge is 2.24. The number of hydrogen-bond donors (Lipinski definition) is 3. The van der Waals surface area contributed by atoms with Crippen LogP contribution in [-0.4, -0.2) is 73.2 Å². The van der Waals surface area contributed by atoms with E-state index < -0.39 is 5.97 Å². The predicted molar refractivity (Wildman–Crippen MR) is 131 cm³/mol. The molecule has 182 valence electrons. The Morgan fingerprint density at radius 2 is 1.59 bits per heavy atom. The Morgan fingerprint density at radius 1 is 0.971 bits per heavy atom. The minimum absolute atomic E-state index is 0.0146. The minimum atomic E-state index is -1.07. The minimum Gasteiger partial charge on any atom is -0.497 e. The van der Waals surface area contributed by atoms with Crippen LogP contribution in [0.5, 0.6) is 5.75 Å². The standard InChI is InChI=1S/C25H32N4O5/c1-25(2,3)27-22(30)16-28-11-13-29(14-12-28)21-10-7-18(24(32)33)15-20(21)26-23(31)17-5-8-19(34-4)9-6-17/h5-10,15H,11-14,16H2,1-4H3,(H,26,31)(H,27,30)(H,32,33). The number of amides is 2. The average Bonchev–Trinajstić information content (AvgIpc) is 2.78. The molecular weight excluding hydrogens is 436 g/mol. The Kier molecular flexibility index (Phi) is 7.78. The number of methoxy groups -OCH3 is 1. The van der Waals surface area contributed by atoms with E-state index in [-0.39, 0.29) is 22.9 Å². The van der Waals surface area contributed by atoms with E-state index in [2.05, 4.69) is 20.4 Å². The van der Waals surface area contributed by atoms with Crippen LogP contribution in [0.25, 0.3) is 0 Å². The van der Waals surface area contributed by atoms with Crippen molar-refractivity contribution in [2.24, 2.45) is 0 Å². The Bertz CT molecular complexity index is 1040. The first-order valence-electron chi connectivity index (χ1n) is 11.2. The van der Waals surface area contributed by atoms with Crippen molar-refractivity contribution in [2.75, 3.05) is 50.1 Å². The van der Waals surface area contributed by atoms with E-state index >= 15 is 0 Å². The number of carboxylic acid groups (broad SMARTS) is 1. The first kappa shape index (κ1) is 25.0. The van der Waals surface area contributed by atoms with Gasteiger partial charge in [0.25, 0.3) is 5.91 Å². The van der Waals surface area contributed by atoms with Gasteiger partial charge in [-0.05, 0) is 63.2 Å². The number of piperazine rings is 1. The Morgan fingerprint density at radius 3 is 2.15 bits per heavy atom. The number of carboxylic acids is 1. The number of nitrogens with zero attached hydrogens (tertiary/aromatic N) is 2. The van der Waals surface area contributed by atoms with Gasteiger partial charge in [-0.25, -0.2) is 4.79 Å². The molecule has 0 unspecified atom stereocenters. The van der Waals surface area contributed by atoms with Crippen LogP contribution in [0, 0.1) is 0 Å². The molecule has 3 rings (SSSR count). The second-order valence-corrected chi connectivity index (χ2v) is 9.28. The second-order valence-electron chi connectivity index (χ2n) is 9.28. The molecule has 0 aliphatic carbocycles. The summed E-state index contributed by atoms with van der Waals surface area (Å²) in [6.45, 7) is 8.79. The lowest BCUT2D eigenvalue weighted by Crippen LogP contribution is -2.51. The number of hydrogen-bond acceptors (Lipinski definition) is 6. The third-order valence-electron chi connectivity index (χ3n) is 5.44. The van der Waals surface area contributed by atoms with Gasteiger partial charge in [0.2, 0.25) is 5.91 Å². The van der Waals surface area contributed by atoms with Crippen molar-refractivity contribution >= 4 is 29.2 Å². The third kappa shape index (κ3) is 6.71. The van der Waals surface area contributed by atoms with Crippen molar-refractivity contribution in [3.05, 3.63) is 53.6 Å². The van der Waals surface area contributed by atoms with Gasteiger partial charge in [-0.15, -0.1) is 0 Å². The molecule has 9 nitrogen and oxygen atoms in total. The molecule has 1 fully saturated rings. The Labute approximate surface area is 199 Å². The molecule has 0 radical (unpaired) electrons. The first-order valence-corrected chi connectivity index (χ1v) is 11.2. The molecule has 2 aromatic carbocycles. The molecule has 0 saturated carbocycles. The summed E-state index contributed by atoms with van der Waals surface area (Å²) in [4.78, 5) is 40.8. The number of aromatic carboxylic acids is 1. The van der Waals surface area contributed by atoms with E-state index in [1.54, 1.807) is 37.4 Å². The number of carbonyl (C=O) groups excluding carboxylic acids is 2. The number of nitrogens with one attached hydrogen (secondary N) is 2. The van der Waals surface area contributed by atoms with Gasteiger partial charge in [-0.1, -0.05) is 0 Å². The molecule has 2 aromatic rings. The lowest BCUT2D eigenvalue weighted by atomic mass is 10.1. The monoisotopic (exact) mass is 468 g/mol. The average molecular weight is 469 g/mol. The highest BCUT2D eigenvalue weighted by atomic mass is 16.5. The number of anilines is 2. The van der Waals surface area contributed by atoms with Crippen LogP contribution in [0.15, 0.2) is 42.5 Å². The lowest BCUT2D eigenvalue weighted by molar-refractivity contribution is -0.123. The zero-order chi connectivity index (χ0) is 24.9. The highest BCUT2D eigenvalue weighted by Crippen LogP contribution is 2.29. The van der Waals surface area contributed by atoms with Crippen LogP contribution in [-0.2, 0) is 4.79 Å². The van der Waals surface area contributed by atoms with Crippen LogP contribution in [0.2, 0.25) is 0 Å². The van der Waals surface area contributed by atoms with E-state index in [1.807, 2.05) is 20.8 Å². The van der Waals surface area contributed by atoms with Crippen molar-refractivity contribution < 1.29 is 24.2 Å². The summed E-state index contributed by atoms with van der Waals surface area (Å²) in [6, 6.07) is 11.4. The van der Waals surface area contributed by atoms with Gasteiger partial charge in [-0.2, -0.15) is 0 Å². The smallest absolute Gasteiger partial charge is 0.335 e. The number of ether oxygens (including phenoxy) is 1. The van der Waals surface area contributed by atoms with Crippen molar-refractivity contribution in [3.63, 3.8) is 0 Å². The summed E-state index contributed by atoms with van der Waals surface area (Å²) in [6.07, 6.45) is 0. The van der Waals surface area contributed by atoms with Gasteiger partial charge in [0, 0.05) is 37.3 Å². The molecule has 1 aliphatic rings. The van der Waals surface area contributed by atoms with Gasteiger partial charge >= 0.3 is 5.97 Å². The maximum Gasteiger partial charge on any atom is 0.335 e. The SMILES string of the molecule is COc1ccc(C(=O)Nc2cc(C(=O)O)ccc2N2CCN(CC(=O)NC(C)(C)C)CC2)cc1. The number of rotatable bonds is 7. The quantitative estimate of drug-likeness (QED) is 0.573. The summed E-state index contributed by atoms with van der Waals surface area (Å²) >= 11 is 0. The van der Waals surface area contributed by atoms with E-state index in [4.69, 9.17) is 4.74 Å². The maximum absolute atomic E-state index is 12.8. The number of carbonyl (C=O) groups is 3. The summed E-state index contributed by atoms with van der Waals surface area (Å²) < 4.78 is 5.13. The molecule has 3 N–H and O–H groups in total. The van der Waals surface area contributed by atoms with Crippen LogP contribution < -0.4 is 20.3 Å². The van der Waals surface area contributed by atoms with E-state index in [1.165, 1.54) is 12.1 Å². The van der Waals surface area contributed by atoms with Gasteiger partial charge in [0.1, 0.15) is 5.75 Å². The van der Waals surface area contributed by atoms with Crippen LogP contribution >= 0.6 is 0 Å². The van der Waals surface area contributed by atoms with Crippen molar-refractivity contribution in [3.8, 4) is 5.75 Å². The van der Waals surface area contributed by atoms with E-state index in [0.717, 1.165) is 5.69 Å². The van der Waals surface area contributed by atoms with E-state index in [0.29, 0.717) is 49.7 Å². The van der Waals surface area contributed by atoms with Crippen molar-refractivity contribution in [1.82, 2.24) is 10.2 Å². The highest BCUT2D eigenvalue weighted by molar-refractivity contribution is 6.06. The zero-order valence-corrected chi connectivity index (χ0v) is 20.1. The van der Waals surface area contributed by atoms with Gasteiger partial charge in [-0.3, -0.25) is 14.5 Å². The van der Waals surface area contributed by atoms with Crippen LogP contribution in [0.1, 0.15) is 41.5 Å². The Hall–Kier alpha value is -3.59. The summed E-state index contributed by atoms with van der Waals surface area (Å²) in [5, 5.41) is 15.3. The van der Waals surface area contributed by atoms with Gasteiger partial charge in [0.15, 0.2) is 0 Å². The van der Waals surface area contributed by atoms with Gasteiger partial charge in [0.05, 0.1) is 30.6 Å². The predicted octanol–water partition coefficient (Wildman–Crippen LogP) is 2.68. The Balaban J connectivity index is 1.72. The third-order valence-corrected chi connectivity index (χ3v) is 5.44. The fourth-order valence-corrected chi connectivity index (χ4v) is 3.79. The fraction of sp³-hybridized carbons (Fsp3) is 0.400. The molecule has 9 heteroatoms. The molecule has 0 aromatic heterocycles. The van der Waals surface area contributed by atoms with Crippen LogP contribution in [0.4, 0.5) is 11.4 Å². The maximum atomic E-state index is 12.8. The molecule has 1 saturated heterocycles. The zero-order valence-electron chi connectivity index (χ0n) is 20.1. The van der Waals surface area contributed by atoms with Crippen molar-refractivity contribution in [1.29, 1.82) is 0 Å². The summed E-state index contributed by atoms with van der Waals surface area (Å²) in [5.41, 5.74) is 1.42. The molecule has 0 spiro atoms. The molecule has 1 heterocycles. The largest absolute Gasteiger partial charge is 0.497 e. The van der Waals surface area contributed by atoms with Crippen molar-refractivity contribution in [2.45, 2.75) is 26.3 Å². The molecule has 2 amide bonds. The molecule has 0 bridgehead atoms. The molecule has 0 atom stereocenters.